The van der Waals surface area contributed by atoms with Crippen LogP contribution in [-0.4, -0.2) is 42.5 Å². The molecule has 5 nitrogen and oxygen atoms in total. The minimum Gasteiger partial charge on any atom is -0.377 e. The molecule has 1 atom stereocenters. The zero-order chi connectivity index (χ0) is 14.4. The highest BCUT2D eigenvalue weighted by Gasteiger charge is 2.16. The number of nitrogens with zero attached hydrogens (tertiary/aromatic N) is 3. The van der Waals surface area contributed by atoms with Crippen molar-refractivity contribution in [1.29, 1.82) is 0 Å². The van der Waals surface area contributed by atoms with E-state index >= 15 is 0 Å². The first-order chi connectivity index (χ1) is 9.65. The van der Waals surface area contributed by atoms with Gasteiger partial charge in [-0.2, -0.15) is 5.10 Å². The van der Waals surface area contributed by atoms with Crippen LogP contribution in [0.3, 0.4) is 0 Å². The molecule has 0 aliphatic carbocycles. The van der Waals surface area contributed by atoms with Gasteiger partial charge < -0.3 is 15.0 Å². The van der Waals surface area contributed by atoms with Gasteiger partial charge in [0.2, 0.25) is 0 Å². The summed E-state index contributed by atoms with van der Waals surface area (Å²) in [6.45, 7) is 11.0. The first-order valence-electron chi connectivity index (χ1n) is 7.55. The lowest BCUT2D eigenvalue weighted by atomic mass is 10.2. The minimum absolute atomic E-state index is 0.256. The molecule has 0 amide bonds. The summed E-state index contributed by atoms with van der Waals surface area (Å²) in [6.07, 6.45) is 1.30. The fourth-order valence-electron chi connectivity index (χ4n) is 2.31. The Balaban J connectivity index is 1.90. The lowest BCUT2D eigenvalue weighted by Crippen LogP contribution is -2.31. The standard InChI is InChI=1S/C15H26N4O/c1-12(2)9-16-10-14-5-6-15(18-17-14)19-7-4-8-20-13(3)11-19/h5-6,12-13,16H,4,7-11H2,1-3H3. The van der Waals surface area contributed by atoms with Crippen molar-refractivity contribution in [1.82, 2.24) is 15.5 Å². The quantitative estimate of drug-likeness (QED) is 0.890. The van der Waals surface area contributed by atoms with Gasteiger partial charge >= 0.3 is 0 Å². The molecule has 0 aromatic carbocycles. The van der Waals surface area contributed by atoms with Gasteiger partial charge in [-0.25, -0.2) is 0 Å². The van der Waals surface area contributed by atoms with E-state index in [1.807, 2.05) is 0 Å². The molecule has 1 N–H and O–H groups in total. The van der Waals surface area contributed by atoms with E-state index in [9.17, 15) is 0 Å². The van der Waals surface area contributed by atoms with Crippen LogP contribution in [0.5, 0.6) is 0 Å². The van der Waals surface area contributed by atoms with Gasteiger partial charge in [0.05, 0.1) is 11.8 Å². The van der Waals surface area contributed by atoms with Crippen molar-refractivity contribution in [3.05, 3.63) is 17.8 Å². The number of ether oxygens (including phenoxy) is 1. The number of hydrogen-bond acceptors (Lipinski definition) is 5. The molecule has 112 valence electrons. The van der Waals surface area contributed by atoms with Gasteiger partial charge in [0.1, 0.15) is 0 Å². The fraction of sp³-hybridized carbons (Fsp3) is 0.733. The van der Waals surface area contributed by atoms with Crippen molar-refractivity contribution in [2.45, 2.75) is 39.8 Å². The highest BCUT2D eigenvalue weighted by molar-refractivity contribution is 5.37. The molecule has 1 aliphatic rings. The molecular formula is C15H26N4O. The van der Waals surface area contributed by atoms with Crippen LogP contribution in [0.15, 0.2) is 12.1 Å². The lowest BCUT2D eigenvalue weighted by Gasteiger charge is -2.22. The van der Waals surface area contributed by atoms with Crippen LogP contribution in [0.4, 0.5) is 5.82 Å². The van der Waals surface area contributed by atoms with E-state index in [4.69, 9.17) is 4.74 Å². The Labute approximate surface area is 121 Å². The van der Waals surface area contributed by atoms with E-state index in [-0.39, 0.29) is 6.10 Å². The molecular weight excluding hydrogens is 252 g/mol. The largest absolute Gasteiger partial charge is 0.377 e. The van der Waals surface area contributed by atoms with E-state index in [0.29, 0.717) is 5.92 Å². The second-order valence-corrected chi connectivity index (χ2v) is 5.89. The van der Waals surface area contributed by atoms with Crippen LogP contribution in [0.25, 0.3) is 0 Å². The third-order valence-electron chi connectivity index (χ3n) is 3.34. The molecule has 0 saturated carbocycles. The molecule has 0 bridgehead atoms. The van der Waals surface area contributed by atoms with Crippen molar-refractivity contribution in [3.8, 4) is 0 Å². The van der Waals surface area contributed by atoms with Crippen LogP contribution < -0.4 is 10.2 Å². The van der Waals surface area contributed by atoms with Crippen molar-refractivity contribution in [2.75, 3.05) is 31.1 Å². The molecule has 1 aromatic rings. The number of rotatable bonds is 5. The zero-order valence-corrected chi connectivity index (χ0v) is 12.8. The van der Waals surface area contributed by atoms with Crippen molar-refractivity contribution in [3.63, 3.8) is 0 Å². The van der Waals surface area contributed by atoms with Gasteiger partial charge in [0, 0.05) is 26.2 Å². The summed E-state index contributed by atoms with van der Waals surface area (Å²) in [6, 6.07) is 4.13. The third-order valence-corrected chi connectivity index (χ3v) is 3.34. The smallest absolute Gasteiger partial charge is 0.151 e. The number of hydrogen-bond donors (Lipinski definition) is 1. The van der Waals surface area contributed by atoms with Gasteiger partial charge in [-0.15, -0.1) is 5.10 Å². The summed E-state index contributed by atoms with van der Waals surface area (Å²) in [5, 5.41) is 12.0. The summed E-state index contributed by atoms with van der Waals surface area (Å²) < 4.78 is 5.65. The predicted molar refractivity (Wildman–Crippen MR) is 80.8 cm³/mol. The normalized spacial score (nSPS) is 20.2. The Kier molecular flexibility index (Phi) is 5.73. The second kappa shape index (κ2) is 7.55. The monoisotopic (exact) mass is 278 g/mol. The zero-order valence-electron chi connectivity index (χ0n) is 12.8. The maximum atomic E-state index is 5.65. The van der Waals surface area contributed by atoms with Crippen molar-refractivity contribution < 1.29 is 4.74 Å². The molecule has 2 heterocycles. The molecule has 1 aliphatic heterocycles. The average molecular weight is 278 g/mol. The molecule has 2 rings (SSSR count). The van der Waals surface area contributed by atoms with Gasteiger partial charge in [-0.05, 0) is 37.9 Å². The minimum atomic E-state index is 0.256. The number of nitrogens with one attached hydrogen (secondary N) is 1. The summed E-state index contributed by atoms with van der Waals surface area (Å²) >= 11 is 0. The van der Waals surface area contributed by atoms with E-state index in [0.717, 1.165) is 50.7 Å². The van der Waals surface area contributed by atoms with Crippen LogP contribution in [0, 0.1) is 5.92 Å². The van der Waals surface area contributed by atoms with Gasteiger partial charge in [0.15, 0.2) is 5.82 Å². The molecule has 0 radical (unpaired) electrons. The number of aromatic nitrogens is 2. The van der Waals surface area contributed by atoms with Gasteiger partial charge in [-0.3, -0.25) is 0 Å². The van der Waals surface area contributed by atoms with Crippen LogP contribution in [0.1, 0.15) is 32.9 Å². The van der Waals surface area contributed by atoms with Crippen molar-refractivity contribution in [2.24, 2.45) is 5.92 Å². The van der Waals surface area contributed by atoms with E-state index in [1.165, 1.54) is 0 Å². The Bertz CT molecular complexity index is 393. The maximum Gasteiger partial charge on any atom is 0.151 e. The first-order valence-corrected chi connectivity index (χ1v) is 7.55. The number of anilines is 1. The Hall–Kier alpha value is -1.20. The van der Waals surface area contributed by atoms with Gasteiger partial charge in [0.25, 0.3) is 0 Å². The summed E-state index contributed by atoms with van der Waals surface area (Å²) in [4.78, 5) is 2.26. The predicted octanol–water partition coefficient (Wildman–Crippen LogP) is 1.84. The molecule has 1 saturated heterocycles. The molecule has 1 fully saturated rings. The summed E-state index contributed by atoms with van der Waals surface area (Å²) in [7, 11) is 0. The Morgan fingerprint density at radius 1 is 1.40 bits per heavy atom. The lowest BCUT2D eigenvalue weighted by molar-refractivity contribution is 0.0820. The highest BCUT2D eigenvalue weighted by atomic mass is 16.5. The molecule has 20 heavy (non-hydrogen) atoms. The van der Waals surface area contributed by atoms with Gasteiger partial charge in [-0.1, -0.05) is 13.8 Å². The van der Waals surface area contributed by atoms with Crippen LogP contribution in [0.2, 0.25) is 0 Å². The highest BCUT2D eigenvalue weighted by Crippen LogP contribution is 2.14. The SMILES string of the molecule is CC(C)CNCc1ccc(N2CCCOC(C)C2)nn1. The maximum absolute atomic E-state index is 5.65. The molecule has 1 unspecified atom stereocenters. The fourth-order valence-corrected chi connectivity index (χ4v) is 2.31. The molecule has 0 spiro atoms. The van der Waals surface area contributed by atoms with Crippen molar-refractivity contribution >= 4 is 5.82 Å². The van der Waals surface area contributed by atoms with Crippen LogP contribution >= 0.6 is 0 Å². The topological polar surface area (TPSA) is 50.3 Å². The third kappa shape index (κ3) is 4.72. The average Bonchev–Trinajstić information content (AvgIpc) is 2.64. The Morgan fingerprint density at radius 3 is 2.95 bits per heavy atom. The van der Waals surface area contributed by atoms with E-state index in [1.54, 1.807) is 0 Å². The van der Waals surface area contributed by atoms with E-state index in [2.05, 4.69) is 53.3 Å². The summed E-state index contributed by atoms with van der Waals surface area (Å²) in [5.41, 5.74) is 0.994. The second-order valence-electron chi connectivity index (χ2n) is 5.89. The van der Waals surface area contributed by atoms with E-state index < -0.39 is 0 Å². The van der Waals surface area contributed by atoms with Crippen LogP contribution in [-0.2, 0) is 11.3 Å². The molecule has 1 aromatic heterocycles. The summed E-state index contributed by atoms with van der Waals surface area (Å²) in [5.74, 6) is 1.61. The first kappa shape index (κ1) is 15.2. The molecule has 5 heteroatoms. The Morgan fingerprint density at radius 2 is 2.25 bits per heavy atom.